The van der Waals surface area contributed by atoms with E-state index in [9.17, 15) is 15.3 Å². The minimum absolute atomic E-state index is 0.0277. The van der Waals surface area contributed by atoms with Crippen LogP contribution < -0.4 is 0 Å². The van der Waals surface area contributed by atoms with Crippen LogP contribution in [0.1, 0.15) is 6.92 Å². The van der Waals surface area contributed by atoms with Crippen LogP contribution in [0.25, 0.3) is 0 Å². The summed E-state index contributed by atoms with van der Waals surface area (Å²) in [6.07, 6.45) is -2.35. The molecule has 0 aromatic carbocycles. The Balaban J connectivity index is 2.80. The van der Waals surface area contributed by atoms with Crippen LogP contribution >= 0.6 is 0 Å². The fourth-order valence-corrected chi connectivity index (χ4v) is 1.79. The van der Waals surface area contributed by atoms with E-state index in [-0.39, 0.29) is 19.8 Å². The molecule has 1 heterocycles. The van der Waals surface area contributed by atoms with Gasteiger partial charge in [-0.05, 0) is 6.92 Å². The Labute approximate surface area is 82.0 Å². The van der Waals surface area contributed by atoms with Gasteiger partial charge in [0.25, 0.3) is 0 Å². The number of β-amino-alcohol motifs (C(OH)–C–C–N with tert-alkyl or cyclic N) is 1. The molecule has 0 radical (unpaired) electrons. The Morgan fingerprint density at radius 1 is 1.36 bits per heavy atom. The van der Waals surface area contributed by atoms with Crippen LogP contribution in [-0.2, 0) is 0 Å². The monoisotopic (exact) mass is 207 g/mol. The van der Waals surface area contributed by atoms with Crippen molar-refractivity contribution in [1.82, 2.24) is 4.90 Å². The van der Waals surface area contributed by atoms with E-state index in [0.29, 0.717) is 0 Å². The molecule has 0 spiro atoms. The summed E-state index contributed by atoms with van der Waals surface area (Å²) < 4.78 is 0. The van der Waals surface area contributed by atoms with Crippen LogP contribution in [-0.4, -0.2) is 74.2 Å². The third-order valence-electron chi connectivity index (χ3n) is 2.75. The van der Waals surface area contributed by atoms with Gasteiger partial charge in [-0.2, -0.15) is 0 Å². The maximum atomic E-state index is 9.82. The highest BCUT2D eigenvalue weighted by molar-refractivity contribution is 4.98. The molecule has 1 saturated heterocycles. The van der Waals surface area contributed by atoms with Gasteiger partial charge in [-0.3, -0.25) is 4.90 Å². The van der Waals surface area contributed by atoms with Crippen LogP contribution in [0.5, 0.6) is 0 Å². The fourth-order valence-electron chi connectivity index (χ4n) is 1.79. The lowest BCUT2D eigenvalue weighted by molar-refractivity contribution is -0.157. The number of aliphatic hydroxyl groups excluding tert-OH is 4. The molecule has 6 heteroatoms. The molecule has 0 amide bonds. The molecule has 14 heavy (non-hydrogen) atoms. The highest BCUT2D eigenvalue weighted by Crippen LogP contribution is 2.28. The van der Waals surface area contributed by atoms with Gasteiger partial charge in [0, 0.05) is 6.54 Å². The number of hydrogen-bond donors (Lipinski definition) is 5. The highest BCUT2D eigenvalue weighted by atomic mass is 16.4. The SMILES string of the molecule is C[C@@]1(O)[C@H](O)[C@H](O)CN1C(CO)CO. The van der Waals surface area contributed by atoms with Crippen molar-refractivity contribution in [3.05, 3.63) is 0 Å². The molecule has 0 bridgehead atoms. The van der Waals surface area contributed by atoms with E-state index < -0.39 is 24.0 Å². The average molecular weight is 207 g/mol. The zero-order valence-corrected chi connectivity index (χ0v) is 8.04. The van der Waals surface area contributed by atoms with Crippen LogP contribution in [0.15, 0.2) is 0 Å². The number of rotatable bonds is 3. The van der Waals surface area contributed by atoms with Crippen LogP contribution in [0, 0.1) is 0 Å². The van der Waals surface area contributed by atoms with Gasteiger partial charge in [0.15, 0.2) is 0 Å². The van der Waals surface area contributed by atoms with Gasteiger partial charge >= 0.3 is 0 Å². The summed E-state index contributed by atoms with van der Waals surface area (Å²) in [6.45, 7) is 0.685. The number of hydrogen-bond acceptors (Lipinski definition) is 6. The first-order valence-corrected chi connectivity index (χ1v) is 4.52. The molecule has 0 aromatic rings. The Bertz CT molecular complexity index is 194. The van der Waals surface area contributed by atoms with Gasteiger partial charge in [-0.1, -0.05) is 0 Å². The van der Waals surface area contributed by atoms with Gasteiger partial charge in [-0.15, -0.1) is 0 Å². The molecule has 1 aliphatic heterocycles. The van der Waals surface area contributed by atoms with Crippen molar-refractivity contribution in [3.63, 3.8) is 0 Å². The van der Waals surface area contributed by atoms with E-state index in [1.54, 1.807) is 0 Å². The van der Waals surface area contributed by atoms with Crippen molar-refractivity contribution in [2.75, 3.05) is 19.8 Å². The standard InChI is InChI=1S/C8H17NO5/c1-8(14)7(13)6(12)2-9(8)5(3-10)4-11/h5-7,10-14H,2-4H2,1H3/t6-,7-,8-/m1/s1. The summed E-state index contributed by atoms with van der Waals surface area (Å²) >= 11 is 0. The Hall–Kier alpha value is -0.240. The topological polar surface area (TPSA) is 104 Å². The molecule has 0 saturated carbocycles. The van der Waals surface area contributed by atoms with E-state index in [0.717, 1.165) is 0 Å². The molecular weight excluding hydrogens is 190 g/mol. The smallest absolute Gasteiger partial charge is 0.144 e. The Morgan fingerprint density at radius 2 is 1.86 bits per heavy atom. The summed E-state index contributed by atoms with van der Waals surface area (Å²) in [5.41, 5.74) is -1.62. The van der Waals surface area contributed by atoms with Gasteiger partial charge in [0.1, 0.15) is 11.8 Å². The number of aliphatic hydroxyl groups is 5. The molecule has 0 unspecified atom stereocenters. The van der Waals surface area contributed by atoms with Gasteiger partial charge < -0.3 is 25.5 Å². The zero-order chi connectivity index (χ0) is 10.9. The lowest BCUT2D eigenvalue weighted by Crippen LogP contribution is -2.54. The summed E-state index contributed by atoms with van der Waals surface area (Å²) in [5.74, 6) is 0. The van der Waals surface area contributed by atoms with Gasteiger partial charge in [0.2, 0.25) is 0 Å². The number of likely N-dealkylation sites (tertiary alicyclic amines) is 1. The Morgan fingerprint density at radius 3 is 2.14 bits per heavy atom. The van der Waals surface area contributed by atoms with Gasteiger partial charge in [0.05, 0.1) is 25.4 Å². The largest absolute Gasteiger partial charge is 0.395 e. The summed E-state index contributed by atoms with van der Waals surface area (Å²) in [4.78, 5) is 1.29. The Kier molecular flexibility index (Phi) is 3.46. The molecule has 1 rings (SSSR count). The maximum absolute atomic E-state index is 9.82. The molecular formula is C8H17NO5. The van der Waals surface area contributed by atoms with Crippen LogP contribution in [0.4, 0.5) is 0 Å². The quantitative estimate of drug-likeness (QED) is 0.340. The lowest BCUT2D eigenvalue weighted by atomic mass is 10.1. The zero-order valence-electron chi connectivity index (χ0n) is 8.04. The molecule has 5 N–H and O–H groups in total. The van der Waals surface area contributed by atoms with E-state index in [2.05, 4.69) is 0 Å². The van der Waals surface area contributed by atoms with Gasteiger partial charge in [-0.25, -0.2) is 0 Å². The van der Waals surface area contributed by atoms with E-state index in [1.165, 1.54) is 11.8 Å². The van der Waals surface area contributed by atoms with Crippen LogP contribution in [0.3, 0.4) is 0 Å². The van der Waals surface area contributed by atoms with E-state index in [1.807, 2.05) is 0 Å². The molecule has 1 aliphatic rings. The summed E-state index contributed by atoms with van der Waals surface area (Å²) in [7, 11) is 0. The second-order valence-electron chi connectivity index (χ2n) is 3.78. The summed E-state index contributed by atoms with van der Waals surface area (Å²) in [5, 5.41) is 46.4. The third-order valence-corrected chi connectivity index (χ3v) is 2.75. The summed E-state index contributed by atoms with van der Waals surface area (Å²) in [6, 6.07) is -0.670. The molecule has 6 nitrogen and oxygen atoms in total. The maximum Gasteiger partial charge on any atom is 0.144 e. The third kappa shape index (κ3) is 1.77. The first kappa shape index (κ1) is 11.8. The molecule has 3 atom stereocenters. The number of nitrogens with zero attached hydrogens (tertiary/aromatic N) is 1. The second kappa shape index (κ2) is 4.09. The van der Waals surface area contributed by atoms with Crippen molar-refractivity contribution >= 4 is 0 Å². The van der Waals surface area contributed by atoms with Crippen molar-refractivity contribution < 1.29 is 25.5 Å². The first-order chi connectivity index (χ1) is 6.45. The van der Waals surface area contributed by atoms with Crippen molar-refractivity contribution in [2.45, 2.75) is 30.9 Å². The predicted molar refractivity (Wildman–Crippen MR) is 47.3 cm³/mol. The molecule has 0 aromatic heterocycles. The second-order valence-corrected chi connectivity index (χ2v) is 3.78. The van der Waals surface area contributed by atoms with Crippen LogP contribution in [0.2, 0.25) is 0 Å². The van der Waals surface area contributed by atoms with E-state index in [4.69, 9.17) is 10.2 Å². The minimum Gasteiger partial charge on any atom is -0.395 e. The lowest BCUT2D eigenvalue weighted by Gasteiger charge is -2.36. The molecule has 0 aliphatic carbocycles. The van der Waals surface area contributed by atoms with Crippen molar-refractivity contribution in [3.8, 4) is 0 Å². The minimum atomic E-state index is -1.62. The molecule has 84 valence electrons. The molecule has 1 fully saturated rings. The van der Waals surface area contributed by atoms with Crippen molar-refractivity contribution in [1.29, 1.82) is 0 Å². The van der Waals surface area contributed by atoms with Crippen molar-refractivity contribution in [2.24, 2.45) is 0 Å². The highest BCUT2D eigenvalue weighted by Gasteiger charge is 2.50. The normalized spacial score (nSPS) is 39.6. The first-order valence-electron chi connectivity index (χ1n) is 4.52. The average Bonchev–Trinajstić information content (AvgIpc) is 2.33. The fraction of sp³-hybridized carbons (Fsp3) is 1.00. The predicted octanol–water partition coefficient (Wildman–Crippen LogP) is -2.91. The van der Waals surface area contributed by atoms with E-state index >= 15 is 0 Å².